The lowest BCUT2D eigenvalue weighted by molar-refractivity contribution is 0.111. The molecule has 2 aromatic carbocycles. The summed E-state index contributed by atoms with van der Waals surface area (Å²) in [5.74, 6) is 9.09. The van der Waals surface area contributed by atoms with Crippen LogP contribution in [0.25, 0.3) is 0 Å². The lowest BCUT2D eigenvalue weighted by Gasteiger charge is -2.04. The van der Waals surface area contributed by atoms with Crippen molar-refractivity contribution < 1.29 is 9.59 Å². The predicted octanol–water partition coefficient (Wildman–Crippen LogP) is 3.94. The molecule has 0 atom stereocenters. The lowest BCUT2D eigenvalue weighted by atomic mass is 10.0. The van der Waals surface area contributed by atoms with Gasteiger partial charge in [-0.2, -0.15) is 0 Å². The molecule has 2 rings (SSSR count). The summed E-state index contributed by atoms with van der Waals surface area (Å²) in [6.45, 7) is 6.47. The number of benzene rings is 2. The first-order chi connectivity index (χ1) is 11.4. The van der Waals surface area contributed by atoms with E-state index in [4.69, 9.17) is 0 Å². The number of carbonyl (C=O) groups excluding carboxylic acids is 2. The SMILES string of the molecule is C[Si](C)(C)C#Cc1ccc(C#Cc2ccccc2C=O)cc1C=O. The standard InChI is InChI=1S/C21H18O2Si/c1-24(2,3)13-12-19-11-9-17(14-21(19)16-23)8-10-18-6-4-5-7-20(18)15-22/h4-7,9,11,14-16H,1-3H3. The maximum absolute atomic E-state index is 11.3. The van der Waals surface area contributed by atoms with E-state index in [1.807, 2.05) is 18.2 Å². The van der Waals surface area contributed by atoms with Gasteiger partial charge in [-0.05, 0) is 24.3 Å². The molecule has 0 unspecified atom stereocenters. The summed E-state index contributed by atoms with van der Waals surface area (Å²) in [6.07, 6.45) is 1.59. The summed E-state index contributed by atoms with van der Waals surface area (Å²) < 4.78 is 0. The molecule has 2 aromatic rings. The molecule has 0 saturated heterocycles. The number of rotatable bonds is 2. The molecular formula is C21H18O2Si. The Morgan fingerprint density at radius 1 is 0.792 bits per heavy atom. The monoisotopic (exact) mass is 330 g/mol. The topological polar surface area (TPSA) is 34.1 Å². The molecule has 0 N–H and O–H groups in total. The minimum Gasteiger partial charge on any atom is -0.298 e. The summed E-state index contributed by atoms with van der Waals surface area (Å²) in [5.41, 5.74) is 6.47. The second-order valence-electron chi connectivity index (χ2n) is 6.37. The third-order valence-corrected chi connectivity index (χ3v) is 4.05. The van der Waals surface area contributed by atoms with Gasteiger partial charge in [0, 0.05) is 27.8 Å². The molecule has 2 nitrogen and oxygen atoms in total. The Bertz CT molecular complexity index is 897. The largest absolute Gasteiger partial charge is 0.298 e. The Morgan fingerprint density at radius 2 is 1.46 bits per heavy atom. The van der Waals surface area contributed by atoms with E-state index in [0.717, 1.165) is 23.7 Å². The van der Waals surface area contributed by atoms with Gasteiger partial charge in [0.05, 0.1) is 0 Å². The van der Waals surface area contributed by atoms with Gasteiger partial charge in [0.2, 0.25) is 0 Å². The summed E-state index contributed by atoms with van der Waals surface area (Å²) in [5, 5.41) is 0. The highest BCUT2D eigenvalue weighted by molar-refractivity contribution is 6.83. The molecule has 24 heavy (non-hydrogen) atoms. The summed E-state index contributed by atoms with van der Waals surface area (Å²) >= 11 is 0. The highest BCUT2D eigenvalue weighted by Crippen LogP contribution is 2.11. The van der Waals surface area contributed by atoms with E-state index < -0.39 is 8.07 Å². The third kappa shape index (κ3) is 4.81. The first-order valence-electron chi connectivity index (χ1n) is 7.61. The zero-order chi connectivity index (χ0) is 17.6. The van der Waals surface area contributed by atoms with Crippen LogP contribution in [-0.4, -0.2) is 20.6 Å². The Balaban J connectivity index is 2.37. The van der Waals surface area contributed by atoms with Crippen LogP contribution in [0.5, 0.6) is 0 Å². The number of carbonyl (C=O) groups is 2. The molecule has 0 bridgehead atoms. The van der Waals surface area contributed by atoms with Gasteiger partial charge >= 0.3 is 0 Å². The average molecular weight is 330 g/mol. The van der Waals surface area contributed by atoms with Crippen LogP contribution in [0.15, 0.2) is 42.5 Å². The van der Waals surface area contributed by atoms with E-state index in [9.17, 15) is 9.59 Å². The molecule has 3 heteroatoms. The van der Waals surface area contributed by atoms with Crippen LogP contribution >= 0.6 is 0 Å². The Hall–Kier alpha value is -2.88. The van der Waals surface area contributed by atoms with Gasteiger partial charge in [0.1, 0.15) is 8.07 Å². The second-order valence-corrected chi connectivity index (χ2v) is 11.1. The predicted molar refractivity (Wildman–Crippen MR) is 99.9 cm³/mol. The van der Waals surface area contributed by atoms with Crippen molar-refractivity contribution in [3.05, 3.63) is 70.3 Å². The van der Waals surface area contributed by atoms with Crippen LogP contribution in [0, 0.1) is 23.3 Å². The van der Waals surface area contributed by atoms with E-state index in [1.54, 1.807) is 24.3 Å². The molecule has 118 valence electrons. The highest BCUT2D eigenvalue weighted by Gasteiger charge is 2.08. The fraction of sp³-hybridized carbons (Fsp3) is 0.143. The minimum atomic E-state index is -1.50. The first kappa shape index (κ1) is 17.5. The second kappa shape index (κ2) is 7.59. The van der Waals surface area contributed by atoms with E-state index in [-0.39, 0.29) is 0 Å². The molecule has 0 aliphatic heterocycles. The Kier molecular flexibility index (Phi) is 5.53. The van der Waals surface area contributed by atoms with Gasteiger partial charge in [-0.25, -0.2) is 0 Å². The van der Waals surface area contributed by atoms with Crippen molar-refractivity contribution in [2.75, 3.05) is 0 Å². The van der Waals surface area contributed by atoms with Crippen LogP contribution < -0.4 is 0 Å². The van der Waals surface area contributed by atoms with Crippen LogP contribution in [-0.2, 0) is 0 Å². The maximum atomic E-state index is 11.3. The van der Waals surface area contributed by atoms with Crippen LogP contribution in [0.3, 0.4) is 0 Å². The van der Waals surface area contributed by atoms with Crippen molar-refractivity contribution in [1.29, 1.82) is 0 Å². The van der Waals surface area contributed by atoms with Gasteiger partial charge in [0.15, 0.2) is 12.6 Å². The third-order valence-electron chi connectivity index (χ3n) is 3.18. The molecule has 0 aliphatic rings. The van der Waals surface area contributed by atoms with E-state index in [2.05, 4.69) is 42.9 Å². The van der Waals surface area contributed by atoms with Crippen molar-refractivity contribution in [1.82, 2.24) is 0 Å². The van der Waals surface area contributed by atoms with Crippen LogP contribution in [0.1, 0.15) is 37.4 Å². The lowest BCUT2D eigenvalue weighted by Crippen LogP contribution is -2.16. The molecule has 0 fully saturated rings. The van der Waals surface area contributed by atoms with E-state index in [0.29, 0.717) is 16.7 Å². The fourth-order valence-electron chi connectivity index (χ4n) is 1.96. The van der Waals surface area contributed by atoms with Gasteiger partial charge in [-0.15, -0.1) is 5.54 Å². The van der Waals surface area contributed by atoms with Crippen LogP contribution in [0.2, 0.25) is 19.6 Å². The number of aldehydes is 2. The zero-order valence-corrected chi connectivity index (χ0v) is 15.0. The van der Waals surface area contributed by atoms with Gasteiger partial charge < -0.3 is 0 Å². The number of hydrogen-bond donors (Lipinski definition) is 0. The molecule has 0 aromatic heterocycles. The summed E-state index contributed by atoms with van der Waals surface area (Å²) in [4.78, 5) is 22.3. The molecular weight excluding hydrogens is 312 g/mol. The normalized spacial score (nSPS) is 9.96. The van der Waals surface area contributed by atoms with Gasteiger partial charge in [-0.3, -0.25) is 9.59 Å². The van der Waals surface area contributed by atoms with Crippen molar-refractivity contribution in [2.24, 2.45) is 0 Å². The molecule has 0 spiro atoms. The molecule has 0 radical (unpaired) electrons. The van der Waals surface area contributed by atoms with E-state index in [1.165, 1.54) is 0 Å². The fourth-order valence-corrected chi connectivity index (χ4v) is 2.47. The Morgan fingerprint density at radius 3 is 2.12 bits per heavy atom. The summed E-state index contributed by atoms with van der Waals surface area (Å²) in [6, 6.07) is 12.6. The van der Waals surface area contributed by atoms with Crippen molar-refractivity contribution in [3.63, 3.8) is 0 Å². The molecule has 0 aliphatic carbocycles. The minimum absolute atomic E-state index is 0.538. The van der Waals surface area contributed by atoms with Crippen LogP contribution in [0.4, 0.5) is 0 Å². The smallest absolute Gasteiger partial charge is 0.151 e. The first-order valence-corrected chi connectivity index (χ1v) is 11.1. The highest BCUT2D eigenvalue weighted by atomic mass is 28.3. The van der Waals surface area contributed by atoms with E-state index >= 15 is 0 Å². The number of hydrogen-bond acceptors (Lipinski definition) is 2. The molecule has 0 heterocycles. The van der Waals surface area contributed by atoms with Gasteiger partial charge in [-0.1, -0.05) is 55.6 Å². The van der Waals surface area contributed by atoms with Crippen molar-refractivity contribution >= 4 is 20.6 Å². The maximum Gasteiger partial charge on any atom is 0.151 e. The summed E-state index contributed by atoms with van der Waals surface area (Å²) in [7, 11) is -1.50. The Labute approximate surface area is 143 Å². The quantitative estimate of drug-likeness (QED) is 0.475. The molecule has 0 saturated carbocycles. The average Bonchev–Trinajstić information content (AvgIpc) is 2.57. The molecule has 0 amide bonds. The zero-order valence-electron chi connectivity index (χ0n) is 14.0. The van der Waals surface area contributed by atoms with Crippen molar-refractivity contribution in [3.8, 4) is 23.3 Å². The van der Waals surface area contributed by atoms with Gasteiger partial charge in [0.25, 0.3) is 0 Å². The van der Waals surface area contributed by atoms with Crippen molar-refractivity contribution in [2.45, 2.75) is 19.6 Å².